The molecule has 1 fully saturated rings. The number of ether oxygens (including phenoxy) is 1. The van der Waals surface area contributed by atoms with E-state index in [0.717, 1.165) is 23.3 Å². The summed E-state index contributed by atoms with van der Waals surface area (Å²) in [6, 6.07) is 10.1. The van der Waals surface area contributed by atoms with Crippen LogP contribution < -0.4 is 0 Å². The molecule has 0 bridgehead atoms. The first-order valence-corrected chi connectivity index (χ1v) is 5.24. The molecular weight excluding hydrogens is 188 g/mol. The van der Waals surface area contributed by atoms with Crippen LogP contribution in [-0.4, -0.2) is 5.97 Å². The number of cyclic esters (lactones) is 1. The fraction of sp³-hybridized carbons (Fsp3) is 0.308. The number of hydrogen-bond donors (Lipinski definition) is 0. The average Bonchev–Trinajstić information content (AvgIpc) is 2.30. The van der Waals surface area contributed by atoms with Gasteiger partial charge in [0.1, 0.15) is 11.7 Å². The molecule has 2 heteroatoms. The van der Waals surface area contributed by atoms with E-state index in [2.05, 4.69) is 6.92 Å². The molecule has 1 heterocycles. The Morgan fingerprint density at radius 3 is 2.47 bits per heavy atom. The lowest BCUT2D eigenvalue weighted by molar-refractivity contribution is -0.155. The van der Waals surface area contributed by atoms with Gasteiger partial charge >= 0.3 is 5.97 Å². The molecule has 0 aromatic heterocycles. The zero-order valence-electron chi connectivity index (χ0n) is 8.99. The van der Waals surface area contributed by atoms with Gasteiger partial charge in [0.05, 0.1) is 0 Å². The van der Waals surface area contributed by atoms with E-state index >= 15 is 0 Å². The molecule has 78 valence electrons. The number of esters is 1. The summed E-state index contributed by atoms with van der Waals surface area (Å²) < 4.78 is 5.10. The molecule has 0 N–H and O–H groups in total. The third kappa shape index (κ3) is 1.67. The van der Waals surface area contributed by atoms with Gasteiger partial charge in [0.25, 0.3) is 0 Å². The van der Waals surface area contributed by atoms with Crippen LogP contribution in [-0.2, 0) is 9.53 Å². The van der Waals surface area contributed by atoms with E-state index < -0.39 is 0 Å². The molecule has 0 spiro atoms. The largest absolute Gasteiger partial charge is 0.429 e. The lowest BCUT2D eigenvalue weighted by Crippen LogP contribution is -2.30. The molecule has 0 aliphatic carbocycles. The Labute approximate surface area is 89.6 Å². The summed E-state index contributed by atoms with van der Waals surface area (Å²) in [5, 5.41) is 0. The summed E-state index contributed by atoms with van der Waals surface area (Å²) in [6.07, 6.45) is 0.886. The van der Waals surface area contributed by atoms with Crippen LogP contribution in [0.4, 0.5) is 0 Å². The lowest BCUT2D eigenvalue weighted by atomic mass is 9.93. The van der Waals surface area contributed by atoms with E-state index in [0.29, 0.717) is 0 Å². The van der Waals surface area contributed by atoms with Crippen LogP contribution in [0.25, 0.3) is 5.57 Å². The van der Waals surface area contributed by atoms with Crippen LogP contribution in [0.15, 0.2) is 36.1 Å². The first-order valence-electron chi connectivity index (χ1n) is 5.24. The fourth-order valence-corrected chi connectivity index (χ4v) is 1.82. The van der Waals surface area contributed by atoms with Crippen LogP contribution in [0.1, 0.15) is 25.8 Å². The Morgan fingerprint density at radius 1 is 1.33 bits per heavy atom. The molecule has 2 nitrogen and oxygen atoms in total. The molecule has 1 aliphatic heterocycles. The molecule has 0 saturated carbocycles. The van der Waals surface area contributed by atoms with Gasteiger partial charge in [-0.1, -0.05) is 37.3 Å². The van der Waals surface area contributed by atoms with Crippen molar-refractivity contribution < 1.29 is 9.53 Å². The van der Waals surface area contributed by atoms with E-state index in [-0.39, 0.29) is 11.9 Å². The SMILES string of the molecule is CC/C(=C1/OC(=O)C1C)c1ccccc1. The predicted octanol–water partition coefficient (Wildman–Crippen LogP) is 3.00. The van der Waals surface area contributed by atoms with Gasteiger partial charge in [-0.3, -0.25) is 4.79 Å². The smallest absolute Gasteiger partial charge is 0.321 e. The van der Waals surface area contributed by atoms with Crippen molar-refractivity contribution in [2.75, 3.05) is 0 Å². The molecule has 2 rings (SSSR count). The number of rotatable bonds is 2. The summed E-state index contributed by atoms with van der Waals surface area (Å²) in [5.74, 6) is 0.653. The van der Waals surface area contributed by atoms with Gasteiger partial charge in [0.15, 0.2) is 0 Å². The average molecular weight is 202 g/mol. The highest BCUT2D eigenvalue weighted by atomic mass is 16.6. The molecule has 15 heavy (non-hydrogen) atoms. The van der Waals surface area contributed by atoms with E-state index in [1.165, 1.54) is 0 Å². The van der Waals surface area contributed by atoms with Crippen molar-refractivity contribution in [1.29, 1.82) is 0 Å². The number of allylic oxidation sites excluding steroid dienone is 1. The second kappa shape index (κ2) is 3.89. The maximum Gasteiger partial charge on any atom is 0.321 e. The van der Waals surface area contributed by atoms with Gasteiger partial charge in [-0.15, -0.1) is 0 Å². The second-order valence-electron chi connectivity index (χ2n) is 3.71. The third-order valence-electron chi connectivity index (χ3n) is 2.73. The van der Waals surface area contributed by atoms with E-state index in [1.807, 2.05) is 37.3 Å². The molecule has 1 saturated heterocycles. The zero-order valence-corrected chi connectivity index (χ0v) is 8.99. The molecule has 1 aromatic rings. The number of carbonyl (C=O) groups excluding carboxylic acids is 1. The summed E-state index contributed by atoms with van der Waals surface area (Å²) >= 11 is 0. The van der Waals surface area contributed by atoms with Gasteiger partial charge in [0.2, 0.25) is 0 Å². The second-order valence-corrected chi connectivity index (χ2v) is 3.71. The quantitative estimate of drug-likeness (QED) is 0.689. The molecule has 1 aliphatic rings. The Bertz CT molecular complexity index is 404. The monoisotopic (exact) mass is 202 g/mol. The number of benzene rings is 1. The van der Waals surface area contributed by atoms with E-state index in [1.54, 1.807) is 0 Å². The maximum absolute atomic E-state index is 11.0. The van der Waals surface area contributed by atoms with E-state index in [9.17, 15) is 4.79 Å². The predicted molar refractivity (Wildman–Crippen MR) is 58.9 cm³/mol. The van der Waals surface area contributed by atoms with E-state index in [4.69, 9.17) is 4.74 Å². The van der Waals surface area contributed by atoms with Crippen molar-refractivity contribution in [2.45, 2.75) is 20.3 Å². The minimum atomic E-state index is -0.119. The maximum atomic E-state index is 11.0. The van der Waals surface area contributed by atoms with Gasteiger partial charge in [0, 0.05) is 0 Å². The van der Waals surface area contributed by atoms with Gasteiger partial charge in [-0.2, -0.15) is 0 Å². The molecule has 0 amide bonds. The van der Waals surface area contributed by atoms with Crippen LogP contribution >= 0.6 is 0 Å². The van der Waals surface area contributed by atoms with Gasteiger partial charge < -0.3 is 4.74 Å². The highest BCUT2D eigenvalue weighted by Gasteiger charge is 2.35. The molecule has 0 radical (unpaired) electrons. The van der Waals surface area contributed by atoms with Crippen molar-refractivity contribution in [2.24, 2.45) is 5.92 Å². The van der Waals surface area contributed by atoms with Crippen molar-refractivity contribution >= 4 is 11.5 Å². The van der Waals surface area contributed by atoms with Crippen LogP contribution in [0.2, 0.25) is 0 Å². The highest BCUT2D eigenvalue weighted by molar-refractivity contribution is 5.88. The summed E-state index contributed by atoms with van der Waals surface area (Å²) in [7, 11) is 0. The Hall–Kier alpha value is -1.57. The Morgan fingerprint density at radius 2 is 2.00 bits per heavy atom. The lowest BCUT2D eigenvalue weighted by Gasteiger charge is -2.27. The standard InChI is InChI=1S/C13H14O2/c1-3-11(10-7-5-4-6-8-10)12-9(2)13(14)15-12/h4-9H,3H2,1-2H3/b12-11-. The van der Waals surface area contributed by atoms with Crippen molar-refractivity contribution in [1.82, 2.24) is 0 Å². The minimum absolute atomic E-state index is 0.0693. The summed E-state index contributed by atoms with van der Waals surface area (Å²) in [6.45, 7) is 3.97. The van der Waals surface area contributed by atoms with Crippen molar-refractivity contribution in [3.8, 4) is 0 Å². The zero-order chi connectivity index (χ0) is 10.8. The first-order chi connectivity index (χ1) is 7.24. The summed E-state index contributed by atoms with van der Waals surface area (Å²) in [4.78, 5) is 11.0. The molecular formula is C13H14O2. The highest BCUT2D eigenvalue weighted by Crippen LogP contribution is 2.34. The Kier molecular flexibility index (Phi) is 2.58. The molecule has 1 unspecified atom stereocenters. The van der Waals surface area contributed by atoms with Crippen molar-refractivity contribution in [3.05, 3.63) is 41.7 Å². The molecule has 1 atom stereocenters. The minimum Gasteiger partial charge on any atom is -0.429 e. The topological polar surface area (TPSA) is 26.3 Å². The van der Waals surface area contributed by atoms with Gasteiger partial charge in [-0.05, 0) is 24.5 Å². The fourth-order valence-electron chi connectivity index (χ4n) is 1.82. The Balaban J connectivity index is 2.37. The van der Waals surface area contributed by atoms with Gasteiger partial charge in [-0.25, -0.2) is 0 Å². The normalized spacial score (nSPS) is 23.1. The van der Waals surface area contributed by atoms with Crippen LogP contribution in [0, 0.1) is 5.92 Å². The third-order valence-corrected chi connectivity index (χ3v) is 2.73. The first kappa shape index (κ1) is 9.97. The van der Waals surface area contributed by atoms with Crippen LogP contribution in [0.3, 0.4) is 0 Å². The summed E-state index contributed by atoms with van der Waals surface area (Å²) in [5.41, 5.74) is 2.29. The van der Waals surface area contributed by atoms with Crippen molar-refractivity contribution in [3.63, 3.8) is 0 Å². The van der Waals surface area contributed by atoms with Crippen LogP contribution in [0.5, 0.6) is 0 Å². The molecule has 1 aromatic carbocycles. The number of hydrogen-bond acceptors (Lipinski definition) is 2. The number of carbonyl (C=O) groups is 1.